The molecule has 1 spiro atoms. The van der Waals surface area contributed by atoms with Crippen LogP contribution in [0.4, 0.5) is 28.4 Å². The number of halogens is 1. The van der Waals surface area contributed by atoms with Crippen molar-refractivity contribution in [3.8, 4) is 5.88 Å². The number of carbonyl (C=O) groups is 1. The fraction of sp³-hybridized carbons (Fsp3) is 0.417. The van der Waals surface area contributed by atoms with Gasteiger partial charge < -0.3 is 34.3 Å². The summed E-state index contributed by atoms with van der Waals surface area (Å²) in [5.41, 5.74) is 7.15. The smallest absolute Gasteiger partial charge is 0.293 e. The van der Waals surface area contributed by atoms with Gasteiger partial charge in [0.05, 0.1) is 53.6 Å². The third-order valence-corrected chi connectivity index (χ3v) is 15.4. The number of sulfonamides is 1. The number of carbonyl (C=O) groups excluding carboxylic acids is 1. The number of hydrogen-bond acceptors (Lipinski definition) is 13. The van der Waals surface area contributed by atoms with Crippen LogP contribution >= 0.6 is 11.6 Å². The van der Waals surface area contributed by atoms with E-state index in [0.29, 0.717) is 67.7 Å². The first kappa shape index (κ1) is 44.1. The van der Waals surface area contributed by atoms with E-state index in [0.717, 1.165) is 67.7 Å². The van der Waals surface area contributed by atoms with Gasteiger partial charge in [-0.3, -0.25) is 19.8 Å². The minimum Gasteiger partial charge on any atom is -0.476 e. The molecule has 3 aliphatic heterocycles. The van der Waals surface area contributed by atoms with Crippen molar-refractivity contribution in [3.05, 3.63) is 111 Å². The molecule has 2 aliphatic carbocycles. The molecule has 3 N–H and O–H groups in total. The number of piperazine rings is 1. The van der Waals surface area contributed by atoms with E-state index in [1.807, 2.05) is 41.3 Å². The maximum Gasteiger partial charge on any atom is 0.293 e. The van der Waals surface area contributed by atoms with E-state index in [9.17, 15) is 23.3 Å². The first-order valence-corrected chi connectivity index (χ1v) is 24.6. The Kier molecular flexibility index (Phi) is 12.4. The van der Waals surface area contributed by atoms with Crippen molar-refractivity contribution >= 4 is 72.6 Å². The predicted molar refractivity (Wildman–Crippen MR) is 254 cm³/mol. The lowest BCUT2D eigenvalue weighted by atomic mass is 9.59. The van der Waals surface area contributed by atoms with Gasteiger partial charge >= 0.3 is 0 Å². The molecule has 0 unspecified atom stereocenters. The summed E-state index contributed by atoms with van der Waals surface area (Å²) in [7, 11) is -4.59. The number of nitrogens with one attached hydrogen (secondary N) is 3. The van der Waals surface area contributed by atoms with Gasteiger partial charge in [-0.1, -0.05) is 35.7 Å². The summed E-state index contributed by atoms with van der Waals surface area (Å²) in [5.74, 6) is -0.494. The van der Waals surface area contributed by atoms with Crippen molar-refractivity contribution < 1.29 is 32.3 Å². The average Bonchev–Trinajstić information content (AvgIpc) is 3.68. The Hall–Kier alpha value is -5.72. The van der Waals surface area contributed by atoms with Gasteiger partial charge in [0.1, 0.15) is 17.0 Å². The molecule has 0 bridgehead atoms. The van der Waals surface area contributed by atoms with Gasteiger partial charge in [-0.05, 0) is 110 Å². The van der Waals surface area contributed by atoms with Gasteiger partial charge in [-0.2, -0.15) is 4.98 Å². The highest BCUT2D eigenvalue weighted by atomic mass is 35.5. The molecule has 2 aromatic heterocycles. The van der Waals surface area contributed by atoms with E-state index in [1.54, 1.807) is 12.3 Å². The van der Waals surface area contributed by atoms with Crippen molar-refractivity contribution in [2.45, 2.75) is 55.9 Å². The van der Waals surface area contributed by atoms with E-state index < -0.39 is 31.4 Å². The predicted octanol–water partition coefficient (Wildman–Crippen LogP) is 7.92. The van der Waals surface area contributed by atoms with Gasteiger partial charge in [0.2, 0.25) is 5.88 Å². The number of aromatic amines is 1. The van der Waals surface area contributed by atoms with Gasteiger partial charge in [0.25, 0.3) is 21.6 Å². The SMILES string of the molecule is O=C(NS(=O)(=O)c1ccc(NC[C@H]2COCCO2)c([N+](=O)[O-])c1)c1ccc(N2CCN(CC3=C(c4ccc(Cl)cc4)CC4(CCC4)CC3)CC2)cc1N1CCCOc2nc3[nH]ccc3cc21. The zero-order valence-corrected chi connectivity index (χ0v) is 38.2. The van der Waals surface area contributed by atoms with Crippen LogP contribution in [0.3, 0.4) is 0 Å². The van der Waals surface area contributed by atoms with Crippen LogP contribution in [-0.4, -0.2) is 112 Å². The molecule has 1 saturated carbocycles. The van der Waals surface area contributed by atoms with Gasteiger partial charge in [-0.15, -0.1) is 0 Å². The molecule has 3 fully saturated rings. The van der Waals surface area contributed by atoms with Crippen LogP contribution in [0.25, 0.3) is 16.6 Å². The first-order valence-electron chi connectivity index (χ1n) is 22.8. The molecule has 5 aromatic rings. The molecule has 5 heterocycles. The van der Waals surface area contributed by atoms with Crippen LogP contribution in [-0.2, 0) is 19.5 Å². The monoisotopic (exact) mass is 936 g/mol. The molecule has 346 valence electrons. The summed E-state index contributed by atoms with van der Waals surface area (Å²) in [6, 6.07) is 21.2. The number of hydrogen-bond donors (Lipinski definition) is 3. The summed E-state index contributed by atoms with van der Waals surface area (Å²) in [4.78, 5) is 40.2. The Balaban J connectivity index is 0.916. The largest absolute Gasteiger partial charge is 0.476 e. The summed E-state index contributed by atoms with van der Waals surface area (Å²) >= 11 is 6.31. The number of H-pyrrole nitrogens is 1. The fourth-order valence-electron chi connectivity index (χ4n) is 10.1. The van der Waals surface area contributed by atoms with Crippen molar-refractivity contribution in [1.29, 1.82) is 0 Å². The van der Waals surface area contributed by atoms with Crippen molar-refractivity contribution in [3.63, 3.8) is 0 Å². The number of nitro groups is 1. The van der Waals surface area contributed by atoms with Crippen molar-refractivity contribution in [2.75, 3.05) is 87.4 Å². The molecule has 18 heteroatoms. The second kappa shape index (κ2) is 18.5. The number of nitrogens with zero attached hydrogens (tertiary/aromatic N) is 5. The molecule has 66 heavy (non-hydrogen) atoms. The lowest BCUT2D eigenvalue weighted by Gasteiger charge is -2.47. The summed E-state index contributed by atoms with van der Waals surface area (Å²) < 4.78 is 47.3. The number of rotatable bonds is 12. The number of nitro benzene ring substituents is 1. The zero-order chi connectivity index (χ0) is 45.4. The third-order valence-electron chi connectivity index (χ3n) is 13.9. The molecular weight excluding hydrogens is 884 g/mol. The van der Waals surface area contributed by atoms with Crippen LogP contribution in [0.5, 0.6) is 5.88 Å². The average molecular weight is 938 g/mol. The van der Waals surface area contributed by atoms with Gasteiger partial charge in [0.15, 0.2) is 0 Å². The zero-order valence-electron chi connectivity index (χ0n) is 36.6. The van der Waals surface area contributed by atoms with Gasteiger partial charge in [-0.25, -0.2) is 13.1 Å². The molecule has 1 atom stereocenters. The van der Waals surface area contributed by atoms with Crippen molar-refractivity contribution in [2.24, 2.45) is 5.41 Å². The van der Waals surface area contributed by atoms with E-state index in [2.05, 4.69) is 37.0 Å². The number of ether oxygens (including phenoxy) is 3. The molecule has 5 aliphatic rings. The Morgan fingerprint density at radius 3 is 2.53 bits per heavy atom. The molecule has 2 saturated heterocycles. The lowest BCUT2D eigenvalue weighted by molar-refractivity contribution is -0.384. The first-order chi connectivity index (χ1) is 32.0. The van der Waals surface area contributed by atoms with Crippen LogP contribution in [0, 0.1) is 15.5 Å². The lowest BCUT2D eigenvalue weighted by Crippen LogP contribution is -2.47. The molecule has 16 nitrogen and oxygen atoms in total. The number of allylic oxidation sites excluding steroid dienone is 1. The van der Waals surface area contributed by atoms with E-state index in [4.69, 9.17) is 30.8 Å². The highest BCUT2D eigenvalue weighted by Crippen LogP contribution is 2.55. The van der Waals surface area contributed by atoms with Crippen LogP contribution in [0.2, 0.25) is 5.02 Å². The Labute approximate surface area is 388 Å². The summed E-state index contributed by atoms with van der Waals surface area (Å²) in [6.45, 7) is 6.39. The maximum atomic E-state index is 14.4. The third kappa shape index (κ3) is 9.19. The molecule has 1 amide bonds. The van der Waals surface area contributed by atoms with E-state index in [-0.39, 0.29) is 23.9 Å². The number of fused-ring (bicyclic) bond motifs is 2. The van der Waals surface area contributed by atoms with E-state index in [1.165, 1.54) is 54.5 Å². The second-order valence-electron chi connectivity index (χ2n) is 18.0. The topological polar surface area (TPSA) is 185 Å². The molecule has 3 aromatic carbocycles. The normalized spacial score (nSPS) is 20.0. The van der Waals surface area contributed by atoms with Gasteiger partial charge in [0, 0.05) is 74.2 Å². The molecule has 10 rings (SSSR count). The molecule has 0 radical (unpaired) electrons. The minimum atomic E-state index is -4.59. The Morgan fingerprint density at radius 1 is 0.939 bits per heavy atom. The minimum absolute atomic E-state index is 0.105. The van der Waals surface area contributed by atoms with Crippen LogP contribution < -0.4 is 24.6 Å². The van der Waals surface area contributed by atoms with E-state index >= 15 is 0 Å². The highest BCUT2D eigenvalue weighted by Gasteiger charge is 2.41. The quantitative estimate of drug-likeness (QED) is 0.0811. The standard InChI is InChI=1S/C48H53ClN8O8S/c49-35-5-3-32(4-6-35)40-28-48(13-1-14-48)15-11-34(40)30-54-18-20-55(21-19-54)36-7-9-39(42(26-36)56-17-2-22-65-47-44(56)25-33-12-16-50-45(33)52-47)46(58)53-66(61,62)38-8-10-41(43(27-38)57(59)60)51-29-37-31-63-23-24-64-37/h3-10,12,16,25-27,37,51H,1-2,11,13-15,17-24,28-31H2,(H,50,52)(H,53,58)/t37-/m0/s1. The number of anilines is 4. The number of pyridine rings is 1. The number of amides is 1. The maximum absolute atomic E-state index is 14.4. The highest BCUT2D eigenvalue weighted by molar-refractivity contribution is 7.90. The molecular formula is C48H53ClN8O8S. The van der Waals surface area contributed by atoms with Crippen LogP contribution in [0.15, 0.2) is 89.5 Å². The second-order valence-corrected chi connectivity index (χ2v) is 20.1. The Morgan fingerprint density at radius 2 is 1.77 bits per heavy atom. The Bertz CT molecular complexity index is 2780. The van der Waals surface area contributed by atoms with Crippen molar-refractivity contribution in [1.82, 2.24) is 19.6 Å². The summed E-state index contributed by atoms with van der Waals surface area (Å²) in [6.07, 6.45) is 9.49. The fourth-order valence-corrected chi connectivity index (χ4v) is 11.2. The summed E-state index contributed by atoms with van der Waals surface area (Å²) in [5, 5.41) is 16.8. The van der Waals surface area contributed by atoms with Crippen LogP contribution in [0.1, 0.15) is 60.9 Å². The number of aromatic nitrogens is 2. The number of benzene rings is 3.